The maximum atomic E-state index is 12.4. The van der Waals surface area contributed by atoms with Crippen LogP contribution in [-0.4, -0.2) is 134 Å². The molecule has 0 saturated carbocycles. The quantitative estimate of drug-likeness (QED) is 0.0393. The highest BCUT2D eigenvalue weighted by Gasteiger charge is 2.21. The first-order valence-electron chi connectivity index (χ1n) is 15.2. The molecule has 0 saturated heterocycles. The number of rotatable bonds is 27. The van der Waals surface area contributed by atoms with Crippen LogP contribution in [-0.2, 0) is 32.7 Å². The van der Waals surface area contributed by atoms with Crippen LogP contribution in [0.4, 0.5) is 17.8 Å². The zero-order chi connectivity index (χ0) is 33.5. The number of aliphatic hydroxyl groups is 2. The van der Waals surface area contributed by atoms with Crippen molar-refractivity contribution in [1.82, 2.24) is 24.8 Å². The second-order valence-electron chi connectivity index (χ2n) is 10.5. The Labute approximate surface area is 266 Å². The predicted molar refractivity (Wildman–Crippen MR) is 170 cm³/mol. The second kappa shape index (κ2) is 23.6. The molecule has 18 heteroatoms. The average Bonchev–Trinajstić information content (AvgIpc) is 3.02. The van der Waals surface area contributed by atoms with Crippen LogP contribution in [0.15, 0.2) is 0 Å². The van der Waals surface area contributed by atoms with Crippen LogP contribution in [0.5, 0.6) is 0 Å². The fourth-order valence-corrected chi connectivity index (χ4v) is 4.39. The molecule has 0 bridgehead atoms. The van der Waals surface area contributed by atoms with Crippen molar-refractivity contribution in [3.8, 4) is 0 Å². The molecule has 45 heavy (non-hydrogen) atoms. The number of esters is 2. The molecule has 0 fully saturated rings. The summed E-state index contributed by atoms with van der Waals surface area (Å²) in [6.07, 6.45) is 5.21. The van der Waals surface area contributed by atoms with E-state index in [9.17, 15) is 14.2 Å². The van der Waals surface area contributed by atoms with Crippen LogP contribution >= 0.6 is 7.60 Å². The number of nitrogens with zero attached hydrogens (tertiary/aromatic N) is 5. The van der Waals surface area contributed by atoms with Gasteiger partial charge in [-0.05, 0) is 33.9 Å². The summed E-state index contributed by atoms with van der Waals surface area (Å²) in [7, 11) is 2.91. The van der Waals surface area contributed by atoms with Gasteiger partial charge < -0.3 is 44.7 Å². The minimum atomic E-state index is -3.35. The van der Waals surface area contributed by atoms with Crippen molar-refractivity contribution in [2.24, 2.45) is 0 Å². The summed E-state index contributed by atoms with van der Waals surface area (Å²) in [4.78, 5) is 40.3. The summed E-state index contributed by atoms with van der Waals surface area (Å²) in [6.45, 7) is 3.51. The number of unbranched alkanes of at least 4 members (excludes halogenated alkanes) is 5. The predicted octanol–water partition coefficient (Wildman–Crippen LogP) is 1.91. The minimum absolute atomic E-state index is 0.00930. The van der Waals surface area contributed by atoms with Crippen molar-refractivity contribution in [1.29, 1.82) is 0 Å². The summed E-state index contributed by atoms with van der Waals surface area (Å²) in [5.74, 6) is 0.142. The van der Waals surface area contributed by atoms with Crippen molar-refractivity contribution in [2.75, 3.05) is 96.8 Å². The molecule has 0 aliphatic rings. The molecular formula is C27H53N8O9P. The number of hydrogen-bond donors (Lipinski definition) is 5. The maximum Gasteiger partial charge on any atom is 0.349 e. The Morgan fingerprint density at radius 2 is 1.27 bits per heavy atom. The topological polar surface area (TPSA) is 210 Å². The van der Waals surface area contributed by atoms with Gasteiger partial charge in [0.2, 0.25) is 17.8 Å². The second-order valence-corrected chi connectivity index (χ2v) is 12.8. The van der Waals surface area contributed by atoms with Crippen molar-refractivity contribution in [3.05, 3.63) is 0 Å². The largest absolute Gasteiger partial charge is 0.464 e. The highest BCUT2D eigenvalue weighted by atomic mass is 31.2. The van der Waals surface area contributed by atoms with E-state index in [2.05, 4.69) is 30.9 Å². The van der Waals surface area contributed by atoms with E-state index in [1.54, 1.807) is 6.92 Å². The van der Waals surface area contributed by atoms with Gasteiger partial charge in [0.1, 0.15) is 19.5 Å². The highest BCUT2D eigenvalue weighted by Crippen LogP contribution is 2.45. The molecule has 1 rings (SSSR count). The van der Waals surface area contributed by atoms with Crippen LogP contribution in [0.25, 0.3) is 0 Å². The van der Waals surface area contributed by atoms with E-state index in [4.69, 9.17) is 28.7 Å². The van der Waals surface area contributed by atoms with Crippen molar-refractivity contribution < 1.29 is 42.9 Å². The van der Waals surface area contributed by atoms with Gasteiger partial charge in [0.25, 0.3) is 0 Å². The average molecular weight is 665 g/mol. The molecule has 1 unspecified atom stereocenters. The highest BCUT2D eigenvalue weighted by molar-refractivity contribution is 7.53. The summed E-state index contributed by atoms with van der Waals surface area (Å²) < 4.78 is 32.6. The molecule has 1 aromatic rings. The van der Waals surface area contributed by atoms with Crippen LogP contribution in [0.2, 0.25) is 0 Å². The molecular weight excluding hydrogens is 611 g/mol. The number of ether oxygens (including phenoxy) is 2. The van der Waals surface area contributed by atoms with Gasteiger partial charge in [-0.15, -0.1) is 0 Å². The summed E-state index contributed by atoms with van der Waals surface area (Å²) in [5.41, 5.74) is 0. The number of likely N-dealkylation sites (N-methyl/N-ethyl adjacent to an activating group) is 2. The summed E-state index contributed by atoms with van der Waals surface area (Å²) in [6, 6.07) is 0. The Kier molecular flexibility index (Phi) is 21.2. The standard InChI is InChI=1S/C27H53N8O9P/c1-22(37)18-44-24(39)13-11-9-7-6-8-10-12-23(38)43-17-15-35(3)20-29-26-31-25(28-19-34(2)14-16-36)32-27(33-26)30-21-45(40,41-4)42-5/h22,36-37H,6-21H2,1-5H3,(H3,28,29,30,31,32,33). The van der Waals surface area contributed by atoms with Crippen LogP contribution in [0, 0.1) is 0 Å². The SMILES string of the molecule is COP(=O)(CNc1nc(NCN(C)CCO)nc(NCN(C)CCOC(=O)CCCCCCCCC(=O)OCC(C)O)n1)OC. The van der Waals surface area contributed by atoms with Gasteiger partial charge in [-0.2, -0.15) is 15.0 Å². The molecule has 0 aliphatic heterocycles. The summed E-state index contributed by atoms with van der Waals surface area (Å²) in [5, 5.41) is 27.3. The fraction of sp³-hybridized carbons (Fsp3) is 0.815. The van der Waals surface area contributed by atoms with Crippen molar-refractivity contribution in [2.45, 2.75) is 64.4 Å². The van der Waals surface area contributed by atoms with Crippen molar-refractivity contribution in [3.63, 3.8) is 0 Å². The lowest BCUT2D eigenvalue weighted by molar-refractivity contribution is -0.146. The van der Waals surface area contributed by atoms with E-state index in [1.807, 2.05) is 23.9 Å². The number of carbonyl (C=O) groups is 2. The lowest BCUT2D eigenvalue weighted by Gasteiger charge is -2.19. The molecule has 1 aromatic heterocycles. The van der Waals surface area contributed by atoms with E-state index >= 15 is 0 Å². The molecule has 0 aromatic carbocycles. The molecule has 1 heterocycles. The number of hydrogen-bond acceptors (Lipinski definition) is 17. The Balaban J connectivity index is 2.37. The fourth-order valence-electron chi connectivity index (χ4n) is 3.64. The van der Waals surface area contributed by atoms with Gasteiger partial charge >= 0.3 is 19.5 Å². The van der Waals surface area contributed by atoms with E-state index in [-0.39, 0.29) is 55.9 Å². The minimum Gasteiger partial charge on any atom is -0.464 e. The number of aliphatic hydroxyl groups excluding tert-OH is 2. The maximum absolute atomic E-state index is 12.4. The monoisotopic (exact) mass is 664 g/mol. The Hall–Kier alpha value is -2.66. The molecule has 1 atom stereocenters. The van der Waals surface area contributed by atoms with Crippen LogP contribution in [0.3, 0.4) is 0 Å². The first-order valence-corrected chi connectivity index (χ1v) is 16.9. The third-order valence-corrected chi connectivity index (χ3v) is 8.01. The Morgan fingerprint density at radius 1 is 0.800 bits per heavy atom. The molecule has 17 nitrogen and oxygen atoms in total. The number of anilines is 3. The van der Waals surface area contributed by atoms with Crippen molar-refractivity contribution >= 4 is 37.4 Å². The van der Waals surface area contributed by atoms with Gasteiger partial charge in [-0.3, -0.25) is 24.0 Å². The molecule has 0 amide bonds. The molecule has 0 radical (unpaired) electrons. The molecule has 5 N–H and O–H groups in total. The lowest BCUT2D eigenvalue weighted by atomic mass is 10.1. The summed E-state index contributed by atoms with van der Waals surface area (Å²) >= 11 is 0. The number of carbonyl (C=O) groups excluding carboxylic acids is 2. The zero-order valence-corrected chi connectivity index (χ0v) is 28.2. The third-order valence-electron chi connectivity index (χ3n) is 6.35. The number of aromatic nitrogens is 3. The Bertz CT molecular complexity index is 1020. The van der Waals surface area contributed by atoms with E-state index < -0.39 is 13.7 Å². The smallest absolute Gasteiger partial charge is 0.349 e. The van der Waals surface area contributed by atoms with E-state index in [0.717, 1.165) is 38.5 Å². The third kappa shape index (κ3) is 20.2. The first-order chi connectivity index (χ1) is 21.5. The van der Waals surface area contributed by atoms with Gasteiger partial charge in [0.05, 0.1) is 26.0 Å². The molecule has 0 spiro atoms. The first kappa shape index (κ1) is 40.4. The molecule has 0 aliphatic carbocycles. The van der Waals surface area contributed by atoms with Gasteiger partial charge in [-0.25, -0.2) is 0 Å². The van der Waals surface area contributed by atoms with Gasteiger partial charge in [0.15, 0.2) is 0 Å². The molecule has 260 valence electrons. The zero-order valence-electron chi connectivity index (χ0n) is 27.3. The van der Waals surface area contributed by atoms with Crippen LogP contribution in [0.1, 0.15) is 58.3 Å². The number of nitrogens with one attached hydrogen (secondary N) is 3. The van der Waals surface area contributed by atoms with Crippen LogP contribution < -0.4 is 16.0 Å². The lowest BCUT2D eigenvalue weighted by Crippen LogP contribution is -2.30. The van der Waals surface area contributed by atoms with E-state index in [0.29, 0.717) is 39.3 Å². The van der Waals surface area contributed by atoms with Gasteiger partial charge in [0, 0.05) is 40.2 Å². The van der Waals surface area contributed by atoms with E-state index in [1.165, 1.54) is 14.2 Å². The normalized spacial score (nSPS) is 12.3. The van der Waals surface area contributed by atoms with Gasteiger partial charge in [-0.1, -0.05) is 25.7 Å². The Morgan fingerprint density at radius 3 is 1.76 bits per heavy atom.